The zero-order valence-corrected chi connectivity index (χ0v) is 13.2. The van der Waals surface area contributed by atoms with Crippen molar-refractivity contribution >= 4 is 11.8 Å². The van der Waals surface area contributed by atoms with Gasteiger partial charge in [-0.3, -0.25) is 9.59 Å². The first-order chi connectivity index (χ1) is 9.24. The number of rotatable bonds is 4. The molecule has 4 N–H and O–H groups in total. The monoisotopic (exact) mass is 283 g/mol. The van der Waals surface area contributed by atoms with E-state index >= 15 is 0 Å². The second-order valence-electron chi connectivity index (χ2n) is 6.86. The third kappa shape index (κ3) is 5.12. The van der Waals surface area contributed by atoms with E-state index in [1.807, 2.05) is 20.8 Å². The zero-order valence-electron chi connectivity index (χ0n) is 13.2. The standard InChI is InChI=1S/C15H29N3O2/c1-10(13(19)18-15(2,3)4)17-14(20)12-8-6-5-7-11(12)9-16/h10-12H,5-9,16H2,1-4H3,(H,17,20)(H,18,19). The minimum absolute atomic E-state index is 0.0308. The number of carbonyl (C=O) groups is 2. The van der Waals surface area contributed by atoms with E-state index in [2.05, 4.69) is 10.6 Å². The zero-order chi connectivity index (χ0) is 15.3. The van der Waals surface area contributed by atoms with Gasteiger partial charge in [0.15, 0.2) is 0 Å². The summed E-state index contributed by atoms with van der Waals surface area (Å²) in [4.78, 5) is 24.3. The molecule has 1 rings (SSSR count). The molecule has 0 bridgehead atoms. The highest BCUT2D eigenvalue weighted by atomic mass is 16.2. The van der Waals surface area contributed by atoms with E-state index in [4.69, 9.17) is 5.73 Å². The molecule has 0 aromatic rings. The Labute approximate surface area is 122 Å². The number of hydrogen-bond acceptors (Lipinski definition) is 3. The first kappa shape index (κ1) is 17.0. The lowest BCUT2D eigenvalue weighted by Gasteiger charge is -2.31. The van der Waals surface area contributed by atoms with Gasteiger partial charge in [0.05, 0.1) is 0 Å². The van der Waals surface area contributed by atoms with Gasteiger partial charge in [-0.1, -0.05) is 12.8 Å². The summed E-state index contributed by atoms with van der Waals surface area (Å²) < 4.78 is 0. The molecule has 1 fully saturated rings. The van der Waals surface area contributed by atoms with Crippen molar-refractivity contribution in [1.82, 2.24) is 10.6 Å². The Morgan fingerprint density at radius 3 is 2.40 bits per heavy atom. The van der Waals surface area contributed by atoms with Gasteiger partial charge < -0.3 is 16.4 Å². The lowest BCUT2D eigenvalue weighted by molar-refractivity contribution is -0.133. The summed E-state index contributed by atoms with van der Waals surface area (Å²) in [6.45, 7) is 8.03. The second-order valence-corrected chi connectivity index (χ2v) is 6.86. The molecule has 0 aromatic carbocycles. The van der Waals surface area contributed by atoms with Crippen molar-refractivity contribution < 1.29 is 9.59 Å². The lowest BCUT2D eigenvalue weighted by Crippen LogP contribution is -2.52. The van der Waals surface area contributed by atoms with Crippen molar-refractivity contribution in [3.05, 3.63) is 0 Å². The molecule has 2 amide bonds. The van der Waals surface area contributed by atoms with Gasteiger partial charge in [-0.2, -0.15) is 0 Å². The topological polar surface area (TPSA) is 84.2 Å². The molecule has 5 heteroatoms. The summed E-state index contributed by atoms with van der Waals surface area (Å²) in [7, 11) is 0. The summed E-state index contributed by atoms with van der Waals surface area (Å²) >= 11 is 0. The highest BCUT2D eigenvalue weighted by Gasteiger charge is 2.31. The molecule has 0 heterocycles. The fourth-order valence-corrected chi connectivity index (χ4v) is 2.70. The Balaban J connectivity index is 2.54. The number of hydrogen-bond donors (Lipinski definition) is 3. The van der Waals surface area contributed by atoms with E-state index in [1.165, 1.54) is 0 Å². The molecule has 5 nitrogen and oxygen atoms in total. The molecule has 1 aliphatic carbocycles. The Morgan fingerprint density at radius 1 is 1.25 bits per heavy atom. The van der Waals surface area contributed by atoms with Gasteiger partial charge in [0.2, 0.25) is 11.8 Å². The maximum absolute atomic E-state index is 12.3. The predicted molar refractivity (Wildman–Crippen MR) is 80.0 cm³/mol. The molecule has 116 valence electrons. The summed E-state index contributed by atoms with van der Waals surface area (Å²) in [6.07, 6.45) is 4.10. The van der Waals surface area contributed by atoms with Crippen LogP contribution in [0.5, 0.6) is 0 Å². The van der Waals surface area contributed by atoms with Gasteiger partial charge >= 0.3 is 0 Å². The molecule has 0 aromatic heterocycles. The number of carbonyl (C=O) groups excluding carboxylic acids is 2. The van der Waals surface area contributed by atoms with Crippen molar-refractivity contribution in [2.45, 2.75) is 65.0 Å². The van der Waals surface area contributed by atoms with Crippen LogP contribution in [0.25, 0.3) is 0 Å². The molecule has 1 aliphatic rings. The van der Waals surface area contributed by atoms with Gasteiger partial charge in [-0.05, 0) is 53.0 Å². The first-order valence-electron chi connectivity index (χ1n) is 7.57. The molecule has 3 atom stereocenters. The average Bonchev–Trinajstić information content (AvgIpc) is 2.36. The Hall–Kier alpha value is -1.10. The van der Waals surface area contributed by atoms with E-state index < -0.39 is 6.04 Å². The van der Waals surface area contributed by atoms with Crippen molar-refractivity contribution in [2.75, 3.05) is 6.54 Å². The van der Waals surface area contributed by atoms with Crippen molar-refractivity contribution in [2.24, 2.45) is 17.6 Å². The number of nitrogens with one attached hydrogen (secondary N) is 2. The number of nitrogens with two attached hydrogens (primary N) is 1. The van der Waals surface area contributed by atoms with Gasteiger partial charge in [-0.25, -0.2) is 0 Å². The Morgan fingerprint density at radius 2 is 1.85 bits per heavy atom. The highest BCUT2D eigenvalue weighted by molar-refractivity contribution is 5.88. The summed E-state index contributed by atoms with van der Waals surface area (Å²) in [5.74, 6) is 0.0305. The fourth-order valence-electron chi connectivity index (χ4n) is 2.70. The SMILES string of the molecule is CC(NC(=O)C1CCCCC1CN)C(=O)NC(C)(C)C. The predicted octanol–water partition coefficient (Wildman–Crippen LogP) is 1.17. The largest absolute Gasteiger partial charge is 0.350 e. The quantitative estimate of drug-likeness (QED) is 0.724. The molecule has 3 unspecified atom stereocenters. The molecule has 0 radical (unpaired) electrons. The van der Waals surface area contributed by atoms with E-state index in [9.17, 15) is 9.59 Å². The van der Waals surface area contributed by atoms with E-state index in [1.54, 1.807) is 6.92 Å². The van der Waals surface area contributed by atoms with E-state index in [0.717, 1.165) is 25.7 Å². The van der Waals surface area contributed by atoms with Crippen LogP contribution in [0.15, 0.2) is 0 Å². The molecule has 0 aliphatic heterocycles. The van der Waals surface area contributed by atoms with E-state index in [0.29, 0.717) is 6.54 Å². The molecular formula is C15H29N3O2. The third-order valence-corrected chi connectivity index (χ3v) is 3.80. The van der Waals surface area contributed by atoms with Crippen LogP contribution in [0.3, 0.4) is 0 Å². The molecular weight excluding hydrogens is 254 g/mol. The van der Waals surface area contributed by atoms with E-state index in [-0.39, 0.29) is 29.2 Å². The van der Waals surface area contributed by atoms with Gasteiger partial charge in [0, 0.05) is 11.5 Å². The average molecular weight is 283 g/mol. The van der Waals surface area contributed by atoms with Gasteiger partial charge in [0.1, 0.15) is 6.04 Å². The van der Waals surface area contributed by atoms with Crippen LogP contribution in [0.1, 0.15) is 53.4 Å². The highest BCUT2D eigenvalue weighted by Crippen LogP contribution is 2.29. The van der Waals surface area contributed by atoms with Crippen LogP contribution >= 0.6 is 0 Å². The third-order valence-electron chi connectivity index (χ3n) is 3.80. The maximum atomic E-state index is 12.3. The van der Waals surface area contributed by atoms with Crippen LogP contribution in [-0.2, 0) is 9.59 Å². The minimum atomic E-state index is -0.512. The van der Waals surface area contributed by atoms with Crippen molar-refractivity contribution in [3.63, 3.8) is 0 Å². The fraction of sp³-hybridized carbons (Fsp3) is 0.867. The molecule has 0 spiro atoms. The Bertz CT molecular complexity index is 350. The summed E-state index contributed by atoms with van der Waals surface area (Å²) in [5, 5.41) is 5.70. The van der Waals surface area contributed by atoms with Crippen LogP contribution in [0.2, 0.25) is 0 Å². The molecule has 1 saturated carbocycles. The number of amides is 2. The normalized spacial score (nSPS) is 24.9. The lowest BCUT2D eigenvalue weighted by atomic mass is 9.78. The molecule has 20 heavy (non-hydrogen) atoms. The Kier molecular flexibility index (Phi) is 5.99. The first-order valence-corrected chi connectivity index (χ1v) is 7.57. The van der Waals surface area contributed by atoms with Crippen molar-refractivity contribution in [1.29, 1.82) is 0 Å². The minimum Gasteiger partial charge on any atom is -0.350 e. The van der Waals surface area contributed by atoms with Gasteiger partial charge in [-0.15, -0.1) is 0 Å². The van der Waals surface area contributed by atoms with Crippen LogP contribution < -0.4 is 16.4 Å². The van der Waals surface area contributed by atoms with Gasteiger partial charge in [0.25, 0.3) is 0 Å². The smallest absolute Gasteiger partial charge is 0.242 e. The second kappa shape index (κ2) is 7.07. The van der Waals surface area contributed by atoms with Crippen LogP contribution in [-0.4, -0.2) is 29.9 Å². The molecule has 0 saturated heterocycles. The summed E-state index contributed by atoms with van der Waals surface area (Å²) in [5.41, 5.74) is 5.46. The van der Waals surface area contributed by atoms with Crippen LogP contribution in [0.4, 0.5) is 0 Å². The maximum Gasteiger partial charge on any atom is 0.242 e. The van der Waals surface area contributed by atoms with Crippen LogP contribution in [0, 0.1) is 11.8 Å². The van der Waals surface area contributed by atoms with Crippen molar-refractivity contribution in [3.8, 4) is 0 Å². The summed E-state index contributed by atoms with van der Waals surface area (Å²) in [6, 6.07) is -0.512.